The molecule has 0 amide bonds. The molecule has 0 saturated carbocycles. The van der Waals surface area contributed by atoms with Crippen LogP contribution < -0.4 is 5.32 Å². The van der Waals surface area contributed by atoms with Crippen LogP contribution >= 0.6 is 0 Å². The fourth-order valence-electron chi connectivity index (χ4n) is 3.41. The summed E-state index contributed by atoms with van der Waals surface area (Å²) in [5, 5.41) is 3.51. The number of likely N-dealkylation sites (tertiary alicyclic amines) is 1. The Balaban J connectivity index is 2.21. The molecule has 1 N–H and O–H groups in total. The summed E-state index contributed by atoms with van der Waals surface area (Å²) in [6.45, 7) is 9.19. The lowest BCUT2D eigenvalue weighted by Crippen LogP contribution is -2.52. The number of nitrogens with zero attached hydrogens (tertiary/aromatic N) is 2. The second-order valence-electron chi connectivity index (χ2n) is 6.51. The monoisotopic (exact) mass is 275 g/mol. The maximum Gasteiger partial charge on any atom is 0.0514 e. The summed E-state index contributed by atoms with van der Waals surface area (Å²) >= 11 is 0. The van der Waals surface area contributed by atoms with Gasteiger partial charge in [-0.05, 0) is 65.4 Å². The molecule has 1 unspecified atom stereocenters. The van der Waals surface area contributed by atoms with E-state index in [1.165, 1.54) is 44.3 Å². The Morgan fingerprint density at radius 1 is 1.15 bits per heavy atom. The highest BCUT2D eigenvalue weighted by molar-refractivity contribution is 5.21. The number of aromatic nitrogens is 1. The van der Waals surface area contributed by atoms with Crippen molar-refractivity contribution >= 4 is 0 Å². The summed E-state index contributed by atoms with van der Waals surface area (Å²) in [4.78, 5) is 7.12. The summed E-state index contributed by atoms with van der Waals surface area (Å²) < 4.78 is 0. The van der Waals surface area contributed by atoms with Crippen molar-refractivity contribution in [3.8, 4) is 0 Å². The van der Waals surface area contributed by atoms with Crippen LogP contribution in [0.3, 0.4) is 0 Å². The zero-order valence-electron chi connectivity index (χ0n) is 13.4. The molecule has 3 heteroatoms. The van der Waals surface area contributed by atoms with E-state index >= 15 is 0 Å². The zero-order valence-corrected chi connectivity index (χ0v) is 13.4. The predicted octanol–water partition coefficient (Wildman–Crippen LogP) is 3.31. The molecule has 112 valence electrons. The SMILES string of the molecule is CNC(c1ccc(C)nc1)C(C)(C)N1CCCCCC1. The van der Waals surface area contributed by atoms with Crippen LogP contribution in [0, 0.1) is 6.92 Å². The second kappa shape index (κ2) is 6.68. The summed E-state index contributed by atoms with van der Waals surface area (Å²) in [7, 11) is 2.06. The molecule has 1 fully saturated rings. The van der Waals surface area contributed by atoms with Crippen molar-refractivity contribution in [1.29, 1.82) is 0 Å². The van der Waals surface area contributed by atoms with Crippen LogP contribution in [0.5, 0.6) is 0 Å². The molecule has 2 rings (SSSR count). The van der Waals surface area contributed by atoms with Gasteiger partial charge < -0.3 is 5.32 Å². The van der Waals surface area contributed by atoms with E-state index in [2.05, 4.69) is 48.2 Å². The van der Waals surface area contributed by atoms with Crippen molar-refractivity contribution in [3.05, 3.63) is 29.6 Å². The maximum absolute atomic E-state index is 4.47. The minimum atomic E-state index is 0.107. The number of hydrogen-bond donors (Lipinski definition) is 1. The zero-order chi connectivity index (χ0) is 14.6. The highest BCUT2D eigenvalue weighted by Gasteiger charge is 2.35. The van der Waals surface area contributed by atoms with Crippen molar-refractivity contribution in [2.75, 3.05) is 20.1 Å². The van der Waals surface area contributed by atoms with Crippen LogP contribution in [-0.4, -0.2) is 35.6 Å². The summed E-state index contributed by atoms with van der Waals surface area (Å²) in [6, 6.07) is 4.63. The van der Waals surface area contributed by atoms with Crippen molar-refractivity contribution in [2.45, 2.75) is 58.0 Å². The van der Waals surface area contributed by atoms with Crippen molar-refractivity contribution in [3.63, 3.8) is 0 Å². The number of rotatable bonds is 4. The molecule has 2 heterocycles. The van der Waals surface area contributed by atoms with Gasteiger partial charge in [-0.1, -0.05) is 18.9 Å². The van der Waals surface area contributed by atoms with E-state index in [4.69, 9.17) is 0 Å². The Morgan fingerprint density at radius 2 is 1.80 bits per heavy atom. The highest BCUT2D eigenvalue weighted by Crippen LogP contribution is 2.32. The summed E-state index contributed by atoms with van der Waals surface area (Å²) in [6.07, 6.45) is 7.43. The first-order chi connectivity index (χ1) is 9.55. The minimum absolute atomic E-state index is 0.107. The van der Waals surface area contributed by atoms with Gasteiger partial charge in [0, 0.05) is 17.4 Å². The van der Waals surface area contributed by atoms with Crippen LogP contribution in [-0.2, 0) is 0 Å². The van der Waals surface area contributed by atoms with Gasteiger partial charge >= 0.3 is 0 Å². The van der Waals surface area contributed by atoms with E-state index in [1.807, 2.05) is 13.1 Å². The molecular formula is C17H29N3. The molecule has 20 heavy (non-hydrogen) atoms. The third-order valence-corrected chi connectivity index (χ3v) is 4.68. The molecule has 1 aliphatic heterocycles. The molecule has 1 saturated heterocycles. The molecule has 1 atom stereocenters. The van der Waals surface area contributed by atoms with Crippen LogP contribution in [0.15, 0.2) is 18.3 Å². The molecule has 0 aliphatic carbocycles. The van der Waals surface area contributed by atoms with E-state index in [0.29, 0.717) is 6.04 Å². The number of aryl methyl sites for hydroxylation is 1. The third kappa shape index (κ3) is 3.39. The molecule has 1 aliphatic rings. The van der Waals surface area contributed by atoms with E-state index in [9.17, 15) is 0 Å². The van der Waals surface area contributed by atoms with Gasteiger partial charge in [-0.25, -0.2) is 0 Å². The van der Waals surface area contributed by atoms with Gasteiger partial charge in [0.1, 0.15) is 0 Å². The second-order valence-corrected chi connectivity index (χ2v) is 6.51. The maximum atomic E-state index is 4.47. The van der Waals surface area contributed by atoms with Crippen LogP contribution in [0.2, 0.25) is 0 Å². The van der Waals surface area contributed by atoms with Gasteiger partial charge in [-0.15, -0.1) is 0 Å². The first-order valence-corrected chi connectivity index (χ1v) is 7.90. The average Bonchev–Trinajstić information content (AvgIpc) is 2.71. The van der Waals surface area contributed by atoms with Gasteiger partial charge in [-0.2, -0.15) is 0 Å². The summed E-state index contributed by atoms with van der Waals surface area (Å²) in [5.41, 5.74) is 2.47. The van der Waals surface area contributed by atoms with Crippen molar-refractivity contribution in [2.24, 2.45) is 0 Å². The Labute approximate surface area is 123 Å². The molecular weight excluding hydrogens is 246 g/mol. The van der Waals surface area contributed by atoms with Gasteiger partial charge in [0.25, 0.3) is 0 Å². The Kier molecular flexibility index (Phi) is 5.17. The van der Waals surface area contributed by atoms with Crippen LogP contribution in [0.1, 0.15) is 56.8 Å². The van der Waals surface area contributed by atoms with E-state index < -0.39 is 0 Å². The lowest BCUT2D eigenvalue weighted by Gasteiger charge is -2.44. The van der Waals surface area contributed by atoms with Crippen molar-refractivity contribution < 1.29 is 0 Å². The quantitative estimate of drug-likeness (QED) is 0.914. The lowest BCUT2D eigenvalue weighted by atomic mass is 9.87. The molecule has 0 bridgehead atoms. The summed E-state index contributed by atoms with van der Waals surface area (Å²) in [5.74, 6) is 0. The average molecular weight is 275 g/mol. The van der Waals surface area contributed by atoms with Gasteiger partial charge in [0.15, 0.2) is 0 Å². The van der Waals surface area contributed by atoms with E-state index in [-0.39, 0.29) is 5.54 Å². The predicted molar refractivity (Wildman–Crippen MR) is 84.9 cm³/mol. The van der Waals surface area contributed by atoms with Crippen LogP contribution in [0.4, 0.5) is 0 Å². The number of pyridine rings is 1. The van der Waals surface area contributed by atoms with Gasteiger partial charge in [0.2, 0.25) is 0 Å². The fraction of sp³-hybridized carbons (Fsp3) is 0.706. The fourth-order valence-corrected chi connectivity index (χ4v) is 3.41. The van der Waals surface area contributed by atoms with E-state index in [1.54, 1.807) is 0 Å². The van der Waals surface area contributed by atoms with E-state index in [0.717, 1.165) is 5.69 Å². The number of hydrogen-bond acceptors (Lipinski definition) is 3. The molecule has 0 radical (unpaired) electrons. The lowest BCUT2D eigenvalue weighted by molar-refractivity contribution is 0.0863. The third-order valence-electron chi connectivity index (χ3n) is 4.68. The number of nitrogens with one attached hydrogen (secondary N) is 1. The molecule has 1 aromatic rings. The smallest absolute Gasteiger partial charge is 0.0514 e. The van der Waals surface area contributed by atoms with Gasteiger partial charge in [-0.3, -0.25) is 9.88 Å². The first-order valence-electron chi connectivity index (χ1n) is 7.90. The Bertz CT molecular complexity index is 403. The number of likely N-dealkylation sites (N-methyl/N-ethyl adjacent to an activating group) is 1. The Morgan fingerprint density at radius 3 is 2.30 bits per heavy atom. The van der Waals surface area contributed by atoms with Gasteiger partial charge in [0.05, 0.1) is 6.04 Å². The van der Waals surface area contributed by atoms with Crippen molar-refractivity contribution in [1.82, 2.24) is 15.2 Å². The minimum Gasteiger partial charge on any atom is -0.311 e. The molecule has 0 aromatic carbocycles. The largest absolute Gasteiger partial charge is 0.311 e. The topological polar surface area (TPSA) is 28.2 Å². The van der Waals surface area contributed by atoms with Crippen LogP contribution in [0.25, 0.3) is 0 Å². The standard InChI is InChI=1S/C17H29N3/c1-14-9-10-15(13-19-14)16(18-4)17(2,3)20-11-7-5-6-8-12-20/h9-10,13,16,18H,5-8,11-12H2,1-4H3. The highest BCUT2D eigenvalue weighted by atomic mass is 15.2. The molecule has 3 nitrogen and oxygen atoms in total. The Hall–Kier alpha value is -0.930. The normalized spacial score (nSPS) is 19.6. The molecule has 1 aromatic heterocycles. The first kappa shape index (κ1) is 15.5. The molecule has 0 spiro atoms.